The smallest absolute Gasteiger partial charge is 0.240 e. The van der Waals surface area contributed by atoms with E-state index in [1.54, 1.807) is 0 Å². The van der Waals surface area contributed by atoms with E-state index in [2.05, 4.69) is 10.6 Å². The van der Waals surface area contributed by atoms with E-state index >= 15 is 0 Å². The molecule has 0 aromatic rings. The van der Waals surface area contributed by atoms with E-state index < -0.39 is 0 Å². The highest BCUT2D eigenvalue weighted by Gasteiger charge is 2.41. The maximum Gasteiger partial charge on any atom is 0.240 e. The van der Waals surface area contributed by atoms with Gasteiger partial charge in [-0.25, -0.2) is 0 Å². The molecule has 2 rings (SSSR count). The molecule has 0 unspecified atom stereocenters. The molecule has 2 aliphatic rings. The van der Waals surface area contributed by atoms with Gasteiger partial charge in [0.2, 0.25) is 5.91 Å². The summed E-state index contributed by atoms with van der Waals surface area (Å²) >= 11 is 0. The minimum Gasteiger partial charge on any atom is -0.353 e. The predicted molar refractivity (Wildman–Crippen MR) is 42.2 cm³/mol. The summed E-state index contributed by atoms with van der Waals surface area (Å²) in [5.41, 5.74) is -0.168. The van der Waals surface area contributed by atoms with E-state index in [9.17, 15) is 4.79 Å². The van der Waals surface area contributed by atoms with Crippen molar-refractivity contribution in [2.45, 2.75) is 31.2 Å². The Labute approximate surface area is 66.5 Å². The highest BCUT2D eigenvalue weighted by atomic mass is 16.2. The summed E-state index contributed by atoms with van der Waals surface area (Å²) < 4.78 is 0. The molecular formula is C8H14N2O. The van der Waals surface area contributed by atoms with Crippen LogP contribution in [0.25, 0.3) is 0 Å². The van der Waals surface area contributed by atoms with Crippen LogP contribution in [0, 0.1) is 0 Å². The van der Waals surface area contributed by atoms with Crippen molar-refractivity contribution in [3.63, 3.8) is 0 Å². The van der Waals surface area contributed by atoms with E-state index in [0.717, 1.165) is 25.9 Å². The first-order valence-electron chi connectivity index (χ1n) is 4.37. The topological polar surface area (TPSA) is 41.1 Å². The quantitative estimate of drug-likeness (QED) is 0.516. The van der Waals surface area contributed by atoms with Crippen LogP contribution in [0.15, 0.2) is 0 Å². The molecule has 1 saturated heterocycles. The van der Waals surface area contributed by atoms with Gasteiger partial charge in [0.05, 0.1) is 5.54 Å². The van der Waals surface area contributed by atoms with E-state index in [1.807, 2.05) is 0 Å². The summed E-state index contributed by atoms with van der Waals surface area (Å²) in [6, 6.07) is 0. The molecular weight excluding hydrogens is 140 g/mol. The number of hydrogen-bond acceptors (Lipinski definition) is 2. The largest absolute Gasteiger partial charge is 0.353 e. The van der Waals surface area contributed by atoms with Gasteiger partial charge >= 0.3 is 0 Å². The van der Waals surface area contributed by atoms with E-state index in [1.165, 1.54) is 12.8 Å². The second kappa shape index (κ2) is 2.48. The zero-order valence-corrected chi connectivity index (χ0v) is 6.65. The van der Waals surface area contributed by atoms with Gasteiger partial charge in [-0.2, -0.15) is 0 Å². The maximum atomic E-state index is 11.4. The number of carbonyl (C=O) groups is 1. The van der Waals surface area contributed by atoms with Crippen LogP contribution < -0.4 is 10.6 Å². The molecule has 0 aromatic heterocycles. The molecule has 1 aliphatic heterocycles. The second-order valence-electron chi connectivity index (χ2n) is 3.47. The first-order chi connectivity index (χ1) is 5.33. The van der Waals surface area contributed by atoms with E-state index in [0.29, 0.717) is 0 Å². The van der Waals surface area contributed by atoms with Crippen LogP contribution in [0.5, 0.6) is 0 Å². The van der Waals surface area contributed by atoms with Crippen molar-refractivity contribution in [2.75, 3.05) is 13.1 Å². The molecule has 1 spiro atoms. The Kier molecular flexibility index (Phi) is 1.60. The molecule has 1 heterocycles. The number of hydrogen-bond donors (Lipinski definition) is 2. The molecule has 3 nitrogen and oxygen atoms in total. The standard InChI is InChI=1S/C8H14N2O/c11-7-8(3-1-2-4-8)10-6-5-9-7/h10H,1-6H2,(H,9,11). The van der Waals surface area contributed by atoms with Crippen LogP contribution in [0.1, 0.15) is 25.7 Å². The average molecular weight is 154 g/mol. The van der Waals surface area contributed by atoms with Gasteiger partial charge in [0.15, 0.2) is 0 Å². The molecule has 1 amide bonds. The second-order valence-corrected chi connectivity index (χ2v) is 3.47. The van der Waals surface area contributed by atoms with E-state index in [-0.39, 0.29) is 11.4 Å². The lowest BCUT2D eigenvalue weighted by atomic mass is 9.95. The minimum atomic E-state index is -0.168. The van der Waals surface area contributed by atoms with E-state index in [4.69, 9.17) is 0 Å². The van der Waals surface area contributed by atoms with Crippen molar-refractivity contribution in [1.29, 1.82) is 0 Å². The van der Waals surface area contributed by atoms with Crippen LogP contribution in [-0.2, 0) is 4.79 Å². The molecule has 0 radical (unpaired) electrons. The fourth-order valence-corrected chi connectivity index (χ4v) is 2.11. The summed E-state index contributed by atoms with van der Waals surface area (Å²) in [6.45, 7) is 1.73. The number of nitrogens with one attached hydrogen (secondary N) is 2. The van der Waals surface area contributed by atoms with Crippen molar-refractivity contribution in [2.24, 2.45) is 0 Å². The molecule has 2 fully saturated rings. The third-order valence-electron chi connectivity index (χ3n) is 2.77. The number of piperazine rings is 1. The summed E-state index contributed by atoms with van der Waals surface area (Å²) in [5.74, 6) is 0.223. The number of rotatable bonds is 0. The Bertz CT molecular complexity index is 173. The summed E-state index contributed by atoms with van der Waals surface area (Å²) in [7, 11) is 0. The Morgan fingerprint density at radius 1 is 1.18 bits per heavy atom. The van der Waals surface area contributed by atoms with Crippen molar-refractivity contribution in [1.82, 2.24) is 10.6 Å². The number of amides is 1. The predicted octanol–water partition coefficient (Wildman–Crippen LogP) is 0.0186. The normalized spacial score (nSPS) is 28.9. The zero-order chi connectivity index (χ0) is 7.73. The molecule has 62 valence electrons. The molecule has 11 heavy (non-hydrogen) atoms. The first-order valence-corrected chi connectivity index (χ1v) is 4.37. The third-order valence-corrected chi connectivity index (χ3v) is 2.77. The SMILES string of the molecule is O=C1NCCNC12CCCC2. The lowest BCUT2D eigenvalue weighted by Crippen LogP contribution is -2.61. The van der Waals surface area contributed by atoms with Gasteiger partial charge in [-0.15, -0.1) is 0 Å². The highest BCUT2D eigenvalue weighted by molar-refractivity contribution is 5.87. The fraction of sp³-hybridized carbons (Fsp3) is 0.875. The van der Waals surface area contributed by atoms with Crippen molar-refractivity contribution in [3.05, 3.63) is 0 Å². The molecule has 1 saturated carbocycles. The lowest BCUT2D eigenvalue weighted by Gasteiger charge is -2.33. The third kappa shape index (κ3) is 1.03. The minimum absolute atomic E-state index is 0.168. The molecule has 3 heteroatoms. The zero-order valence-electron chi connectivity index (χ0n) is 6.65. The molecule has 0 bridgehead atoms. The Morgan fingerprint density at radius 2 is 1.91 bits per heavy atom. The maximum absolute atomic E-state index is 11.4. The van der Waals surface area contributed by atoms with Crippen LogP contribution >= 0.6 is 0 Å². The van der Waals surface area contributed by atoms with Gasteiger partial charge in [-0.1, -0.05) is 12.8 Å². The Morgan fingerprint density at radius 3 is 2.55 bits per heavy atom. The summed E-state index contributed by atoms with van der Waals surface area (Å²) in [5, 5.41) is 6.25. The summed E-state index contributed by atoms with van der Waals surface area (Å²) in [4.78, 5) is 11.4. The van der Waals surface area contributed by atoms with Gasteiger partial charge in [0.1, 0.15) is 0 Å². The Hall–Kier alpha value is -0.570. The fourth-order valence-electron chi connectivity index (χ4n) is 2.11. The van der Waals surface area contributed by atoms with Crippen molar-refractivity contribution in [3.8, 4) is 0 Å². The van der Waals surface area contributed by atoms with Crippen molar-refractivity contribution >= 4 is 5.91 Å². The highest BCUT2D eigenvalue weighted by Crippen LogP contribution is 2.30. The molecule has 2 N–H and O–H groups in total. The van der Waals surface area contributed by atoms with Gasteiger partial charge < -0.3 is 10.6 Å². The molecule has 1 aliphatic carbocycles. The van der Waals surface area contributed by atoms with Gasteiger partial charge in [0, 0.05) is 13.1 Å². The number of carbonyl (C=O) groups excluding carboxylic acids is 1. The van der Waals surface area contributed by atoms with Gasteiger partial charge in [-0.3, -0.25) is 4.79 Å². The Balaban J connectivity index is 2.13. The summed E-state index contributed by atoms with van der Waals surface area (Å²) in [6.07, 6.45) is 4.44. The molecule has 0 atom stereocenters. The van der Waals surface area contributed by atoms with Crippen LogP contribution in [0.4, 0.5) is 0 Å². The van der Waals surface area contributed by atoms with Crippen molar-refractivity contribution < 1.29 is 4.79 Å². The van der Waals surface area contributed by atoms with Crippen LogP contribution in [-0.4, -0.2) is 24.5 Å². The monoisotopic (exact) mass is 154 g/mol. The van der Waals surface area contributed by atoms with Crippen LogP contribution in [0.2, 0.25) is 0 Å². The van der Waals surface area contributed by atoms with Gasteiger partial charge in [0.25, 0.3) is 0 Å². The lowest BCUT2D eigenvalue weighted by molar-refractivity contribution is -0.129. The first kappa shape index (κ1) is 7.10. The van der Waals surface area contributed by atoms with Crippen LogP contribution in [0.3, 0.4) is 0 Å². The average Bonchev–Trinajstić information content (AvgIpc) is 2.46. The van der Waals surface area contributed by atoms with Gasteiger partial charge in [-0.05, 0) is 12.8 Å². The molecule has 0 aromatic carbocycles.